The van der Waals surface area contributed by atoms with E-state index in [1.54, 1.807) is 19.0 Å². The van der Waals surface area contributed by atoms with Crippen LogP contribution in [0.5, 0.6) is 0 Å². The van der Waals surface area contributed by atoms with Crippen LogP contribution < -0.4 is 10.6 Å². The average Bonchev–Trinajstić information content (AvgIpc) is 2.38. The van der Waals surface area contributed by atoms with E-state index in [1.165, 1.54) is 0 Å². The van der Waals surface area contributed by atoms with Crippen molar-refractivity contribution in [2.75, 3.05) is 32.1 Å². The van der Waals surface area contributed by atoms with E-state index in [1.807, 2.05) is 23.1 Å². The minimum atomic E-state index is 0.0726. The average molecular weight is 250 g/mol. The highest BCUT2D eigenvalue weighted by Gasteiger charge is 2.13. The van der Waals surface area contributed by atoms with Gasteiger partial charge in [-0.1, -0.05) is 13.0 Å². The summed E-state index contributed by atoms with van der Waals surface area (Å²) in [7, 11) is 3.52. The van der Waals surface area contributed by atoms with Crippen LogP contribution in [0, 0.1) is 0 Å². The first kappa shape index (κ1) is 14.4. The number of likely N-dealkylation sites (N-methyl/N-ethyl adjacent to an activating group) is 1. The van der Waals surface area contributed by atoms with Crippen molar-refractivity contribution in [3.05, 3.63) is 23.9 Å². The van der Waals surface area contributed by atoms with Gasteiger partial charge in [0.05, 0.1) is 12.2 Å². The summed E-state index contributed by atoms with van der Waals surface area (Å²) in [5.74, 6) is 0.887. The molecule has 0 aliphatic rings. The van der Waals surface area contributed by atoms with Crippen molar-refractivity contribution in [3.8, 4) is 0 Å². The van der Waals surface area contributed by atoms with Gasteiger partial charge < -0.3 is 15.5 Å². The molecule has 100 valence electrons. The van der Waals surface area contributed by atoms with Crippen molar-refractivity contribution in [2.24, 2.45) is 5.73 Å². The monoisotopic (exact) mass is 250 g/mol. The maximum absolute atomic E-state index is 11.8. The SMILES string of the molecule is CCCN(CC(=O)N(C)C)c1cccc(CN)n1. The van der Waals surface area contributed by atoms with Gasteiger partial charge >= 0.3 is 0 Å². The largest absolute Gasteiger partial charge is 0.347 e. The lowest BCUT2D eigenvalue weighted by Gasteiger charge is -2.24. The minimum Gasteiger partial charge on any atom is -0.347 e. The summed E-state index contributed by atoms with van der Waals surface area (Å²) in [5, 5.41) is 0. The Labute approximate surface area is 109 Å². The zero-order valence-electron chi connectivity index (χ0n) is 11.4. The Kier molecular flexibility index (Phi) is 5.58. The van der Waals surface area contributed by atoms with Gasteiger partial charge in [-0.15, -0.1) is 0 Å². The topological polar surface area (TPSA) is 62.5 Å². The van der Waals surface area contributed by atoms with Gasteiger partial charge in [0.2, 0.25) is 5.91 Å². The van der Waals surface area contributed by atoms with E-state index in [-0.39, 0.29) is 5.91 Å². The quantitative estimate of drug-likeness (QED) is 0.813. The molecule has 1 heterocycles. The Morgan fingerprint density at radius 2 is 2.11 bits per heavy atom. The second kappa shape index (κ2) is 6.96. The molecule has 0 aliphatic carbocycles. The van der Waals surface area contributed by atoms with Crippen LogP contribution in [-0.2, 0) is 11.3 Å². The van der Waals surface area contributed by atoms with Crippen molar-refractivity contribution < 1.29 is 4.79 Å². The van der Waals surface area contributed by atoms with Gasteiger partial charge in [-0.05, 0) is 18.6 Å². The van der Waals surface area contributed by atoms with E-state index in [0.29, 0.717) is 13.1 Å². The molecule has 0 radical (unpaired) electrons. The van der Waals surface area contributed by atoms with Crippen molar-refractivity contribution >= 4 is 11.7 Å². The normalized spacial score (nSPS) is 10.2. The summed E-state index contributed by atoms with van der Waals surface area (Å²) in [6.45, 7) is 3.65. The van der Waals surface area contributed by atoms with Crippen molar-refractivity contribution in [3.63, 3.8) is 0 Å². The van der Waals surface area contributed by atoms with Crippen LogP contribution in [0.2, 0.25) is 0 Å². The van der Waals surface area contributed by atoms with Crippen LogP contribution in [0.15, 0.2) is 18.2 Å². The number of aromatic nitrogens is 1. The van der Waals surface area contributed by atoms with Crippen LogP contribution in [0.3, 0.4) is 0 Å². The highest BCUT2D eigenvalue weighted by molar-refractivity contribution is 5.80. The fourth-order valence-electron chi connectivity index (χ4n) is 1.61. The number of rotatable bonds is 6. The van der Waals surface area contributed by atoms with Crippen LogP contribution in [-0.4, -0.2) is 43.0 Å². The third-order valence-electron chi connectivity index (χ3n) is 2.64. The Bertz CT molecular complexity index is 392. The molecule has 1 aromatic rings. The van der Waals surface area contributed by atoms with Crippen molar-refractivity contribution in [1.82, 2.24) is 9.88 Å². The number of hydrogen-bond acceptors (Lipinski definition) is 4. The van der Waals surface area contributed by atoms with E-state index < -0.39 is 0 Å². The predicted molar refractivity (Wildman–Crippen MR) is 73.3 cm³/mol. The Morgan fingerprint density at radius 3 is 2.67 bits per heavy atom. The summed E-state index contributed by atoms with van der Waals surface area (Å²) in [6, 6.07) is 5.73. The molecule has 0 aromatic carbocycles. The zero-order valence-corrected chi connectivity index (χ0v) is 11.4. The molecule has 0 atom stereocenters. The zero-order chi connectivity index (χ0) is 13.5. The molecule has 0 unspecified atom stereocenters. The molecule has 18 heavy (non-hydrogen) atoms. The molecule has 0 fully saturated rings. The molecule has 5 nitrogen and oxygen atoms in total. The van der Waals surface area contributed by atoms with Crippen molar-refractivity contribution in [2.45, 2.75) is 19.9 Å². The Morgan fingerprint density at radius 1 is 1.39 bits per heavy atom. The molecular formula is C13H22N4O. The maximum Gasteiger partial charge on any atom is 0.241 e. The molecule has 0 aliphatic heterocycles. The second-order valence-corrected chi connectivity index (χ2v) is 4.40. The molecule has 5 heteroatoms. The molecule has 1 aromatic heterocycles. The summed E-state index contributed by atoms with van der Waals surface area (Å²) in [4.78, 5) is 19.8. The van der Waals surface area contributed by atoms with E-state index in [9.17, 15) is 4.79 Å². The number of nitrogens with two attached hydrogens (primary N) is 1. The third-order valence-corrected chi connectivity index (χ3v) is 2.64. The lowest BCUT2D eigenvalue weighted by Crippen LogP contribution is -2.37. The number of carbonyl (C=O) groups is 1. The molecule has 2 N–H and O–H groups in total. The molecule has 0 saturated carbocycles. The van der Waals surface area contributed by atoms with Gasteiger partial charge in [-0.25, -0.2) is 4.98 Å². The van der Waals surface area contributed by atoms with Crippen LogP contribution in [0.4, 0.5) is 5.82 Å². The highest BCUT2D eigenvalue weighted by Crippen LogP contribution is 2.12. The van der Waals surface area contributed by atoms with E-state index in [0.717, 1.165) is 24.5 Å². The fraction of sp³-hybridized carbons (Fsp3) is 0.538. The van der Waals surface area contributed by atoms with Gasteiger partial charge in [0, 0.05) is 27.2 Å². The molecule has 1 amide bonds. The minimum absolute atomic E-state index is 0.0726. The third kappa shape index (κ3) is 4.00. The van der Waals surface area contributed by atoms with Gasteiger partial charge in [0.25, 0.3) is 0 Å². The summed E-state index contributed by atoms with van der Waals surface area (Å²) >= 11 is 0. The summed E-state index contributed by atoms with van der Waals surface area (Å²) in [6.07, 6.45) is 0.968. The first-order valence-corrected chi connectivity index (χ1v) is 6.19. The maximum atomic E-state index is 11.8. The summed E-state index contributed by atoms with van der Waals surface area (Å²) < 4.78 is 0. The van der Waals surface area contributed by atoms with Crippen LogP contribution in [0.25, 0.3) is 0 Å². The summed E-state index contributed by atoms with van der Waals surface area (Å²) in [5.41, 5.74) is 6.42. The number of nitrogens with zero attached hydrogens (tertiary/aromatic N) is 3. The van der Waals surface area contributed by atoms with Gasteiger partial charge in [0.1, 0.15) is 5.82 Å². The fourth-order valence-corrected chi connectivity index (χ4v) is 1.61. The van der Waals surface area contributed by atoms with Gasteiger partial charge in [0.15, 0.2) is 0 Å². The molecule has 0 spiro atoms. The molecular weight excluding hydrogens is 228 g/mol. The number of hydrogen-bond donors (Lipinski definition) is 1. The first-order valence-electron chi connectivity index (χ1n) is 6.19. The Balaban J connectivity index is 2.85. The van der Waals surface area contributed by atoms with E-state index in [4.69, 9.17) is 5.73 Å². The Hall–Kier alpha value is -1.62. The number of anilines is 1. The molecule has 1 rings (SSSR count). The van der Waals surface area contributed by atoms with Crippen LogP contribution in [0.1, 0.15) is 19.0 Å². The molecule has 0 saturated heterocycles. The number of carbonyl (C=O) groups excluding carboxylic acids is 1. The first-order chi connectivity index (χ1) is 8.58. The van der Waals surface area contributed by atoms with E-state index >= 15 is 0 Å². The number of amides is 1. The standard InChI is InChI=1S/C13H22N4O/c1-4-8-17(10-13(18)16(2)3)12-7-5-6-11(9-14)15-12/h5-7H,4,8-10,14H2,1-3H3. The molecule has 0 bridgehead atoms. The number of pyridine rings is 1. The van der Waals surface area contributed by atoms with E-state index in [2.05, 4.69) is 11.9 Å². The highest BCUT2D eigenvalue weighted by atomic mass is 16.2. The lowest BCUT2D eigenvalue weighted by atomic mass is 10.3. The predicted octanol–water partition coefficient (Wildman–Crippen LogP) is 0.845. The van der Waals surface area contributed by atoms with Gasteiger partial charge in [-0.2, -0.15) is 0 Å². The second-order valence-electron chi connectivity index (χ2n) is 4.40. The van der Waals surface area contributed by atoms with Gasteiger partial charge in [-0.3, -0.25) is 4.79 Å². The smallest absolute Gasteiger partial charge is 0.241 e. The van der Waals surface area contributed by atoms with Crippen molar-refractivity contribution in [1.29, 1.82) is 0 Å². The van der Waals surface area contributed by atoms with Crippen LogP contribution >= 0.6 is 0 Å². The lowest BCUT2D eigenvalue weighted by molar-refractivity contribution is -0.127.